The molecule has 5 rings (SSSR count). The van der Waals surface area contributed by atoms with E-state index in [4.69, 9.17) is 30.2 Å². The Hall–Kier alpha value is -5.21. The Bertz CT molecular complexity index is 1820. The summed E-state index contributed by atoms with van der Waals surface area (Å²) < 4.78 is 25.8. The van der Waals surface area contributed by atoms with Gasteiger partial charge in [-0.25, -0.2) is 5.43 Å². The summed E-state index contributed by atoms with van der Waals surface area (Å²) in [7, 11) is 0. The molecule has 1 N–H and O–H groups in total. The van der Waals surface area contributed by atoms with Crippen molar-refractivity contribution in [3.63, 3.8) is 0 Å². The summed E-state index contributed by atoms with van der Waals surface area (Å²) in [5.74, 6) is 2.01. The number of rotatable bonds is 14. The van der Waals surface area contributed by atoms with Gasteiger partial charge in [0.2, 0.25) is 0 Å². The summed E-state index contributed by atoms with van der Waals surface area (Å²) in [4.78, 5) is 12.7. The van der Waals surface area contributed by atoms with Crippen molar-refractivity contribution >= 4 is 23.7 Å². The number of nitrogens with one attached hydrogen (secondary N) is 1. The van der Waals surface area contributed by atoms with Gasteiger partial charge in [0.15, 0.2) is 17.3 Å². The van der Waals surface area contributed by atoms with Crippen LogP contribution in [0.1, 0.15) is 51.3 Å². The van der Waals surface area contributed by atoms with Gasteiger partial charge in [0.25, 0.3) is 0 Å². The molecule has 0 aliphatic rings. The third-order valence-corrected chi connectivity index (χ3v) is 7.53. The van der Waals surface area contributed by atoms with E-state index in [-0.39, 0.29) is 19.0 Å². The van der Waals surface area contributed by atoms with Crippen molar-refractivity contribution in [1.29, 1.82) is 0 Å². The lowest BCUT2D eigenvalue weighted by Gasteiger charge is -2.17. The lowest BCUT2D eigenvalue weighted by molar-refractivity contribution is 0.0923. The molecule has 0 fully saturated rings. The molecular weight excluding hydrogens is 602 g/mol. The van der Waals surface area contributed by atoms with E-state index in [2.05, 4.69) is 47.7 Å². The number of amides is 1. The van der Waals surface area contributed by atoms with Crippen LogP contribution in [0.25, 0.3) is 5.69 Å². The summed E-state index contributed by atoms with van der Waals surface area (Å²) in [5, 5.41) is 4.77. The molecule has 8 nitrogen and oxygen atoms in total. The maximum atomic E-state index is 12.7. The number of ether oxygens (including phenoxy) is 3. The molecule has 0 aliphatic carbocycles. The SMILES string of the molecule is C=CCc1cc(/C=N/NC(=O)c2ccc(COc3ccc(-n4c(C)ccc4C)cc3)o2)cc(OCC)c1OCc1ccccc1Cl. The van der Waals surface area contributed by atoms with E-state index >= 15 is 0 Å². The van der Waals surface area contributed by atoms with E-state index in [9.17, 15) is 4.79 Å². The number of aryl methyl sites for hydroxylation is 2. The van der Waals surface area contributed by atoms with Gasteiger partial charge in [-0.05, 0) is 99.5 Å². The largest absolute Gasteiger partial charge is 0.490 e. The van der Waals surface area contributed by atoms with E-state index in [1.54, 1.807) is 18.2 Å². The molecule has 0 aliphatic heterocycles. The fraction of sp³-hybridized carbons (Fsp3) is 0.189. The van der Waals surface area contributed by atoms with E-state index < -0.39 is 5.91 Å². The third-order valence-electron chi connectivity index (χ3n) is 7.16. The standard InChI is InChI=1S/C37H36ClN3O5/c1-5-9-28-20-27(21-35(43-6-2)36(28)45-23-29-10-7-8-11-33(29)38)22-39-40-37(42)34-19-18-32(46-34)24-44-31-16-14-30(15-17-31)41-25(3)12-13-26(41)4/h5,7-8,10-22H,1,6,9,23-24H2,2-4H3,(H,40,42)/b39-22+. The molecule has 0 saturated carbocycles. The normalized spacial score (nSPS) is 11.0. The van der Waals surface area contributed by atoms with Gasteiger partial charge < -0.3 is 23.2 Å². The zero-order valence-electron chi connectivity index (χ0n) is 26.1. The smallest absolute Gasteiger partial charge is 0.307 e. The average molecular weight is 638 g/mol. The van der Waals surface area contributed by atoms with Gasteiger partial charge in [-0.15, -0.1) is 6.58 Å². The maximum Gasteiger partial charge on any atom is 0.307 e. The van der Waals surface area contributed by atoms with Crippen LogP contribution < -0.4 is 19.6 Å². The molecule has 0 atom stereocenters. The molecule has 2 heterocycles. The van der Waals surface area contributed by atoms with Gasteiger partial charge in [0.05, 0.1) is 12.8 Å². The van der Waals surface area contributed by atoms with Crippen molar-refractivity contribution in [2.45, 2.75) is 40.4 Å². The van der Waals surface area contributed by atoms with Gasteiger partial charge in [-0.1, -0.05) is 35.9 Å². The van der Waals surface area contributed by atoms with Crippen LogP contribution in [0, 0.1) is 13.8 Å². The summed E-state index contributed by atoms with van der Waals surface area (Å²) in [5.41, 5.74) is 8.36. The molecule has 9 heteroatoms. The number of aromatic nitrogens is 1. The van der Waals surface area contributed by atoms with Crippen LogP contribution in [0.2, 0.25) is 5.02 Å². The van der Waals surface area contributed by atoms with Gasteiger partial charge in [0.1, 0.15) is 24.7 Å². The van der Waals surface area contributed by atoms with E-state index in [0.717, 1.165) is 28.2 Å². The number of carbonyl (C=O) groups excluding carboxylic acids is 1. The highest BCUT2D eigenvalue weighted by Gasteiger charge is 2.15. The zero-order valence-corrected chi connectivity index (χ0v) is 26.8. The Morgan fingerprint density at radius 3 is 2.41 bits per heavy atom. The van der Waals surface area contributed by atoms with Crippen molar-refractivity contribution in [2.24, 2.45) is 5.10 Å². The lowest BCUT2D eigenvalue weighted by Crippen LogP contribution is -2.16. The number of nitrogens with zero attached hydrogens (tertiary/aromatic N) is 2. The van der Waals surface area contributed by atoms with E-state index in [1.165, 1.54) is 6.21 Å². The molecule has 0 saturated heterocycles. The summed E-state index contributed by atoms with van der Waals surface area (Å²) in [6.45, 7) is 10.8. The summed E-state index contributed by atoms with van der Waals surface area (Å²) in [6, 6.07) is 26.6. The van der Waals surface area contributed by atoms with Crippen molar-refractivity contribution in [1.82, 2.24) is 9.99 Å². The predicted molar refractivity (Wildman–Crippen MR) is 181 cm³/mol. The Kier molecular flexibility index (Phi) is 10.6. The van der Waals surface area contributed by atoms with Gasteiger partial charge in [0, 0.05) is 33.2 Å². The van der Waals surface area contributed by atoms with Crippen LogP contribution in [0.5, 0.6) is 17.2 Å². The molecule has 0 radical (unpaired) electrons. The maximum absolute atomic E-state index is 12.7. The first-order valence-corrected chi connectivity index (χ1v) is 15.3. The van der Waals surface area contributed by atoms with Crippen LogP contribution in [0.15, 0.2) is 107 Å². The molecular formula is C37H36ClN3O5. The number of furan rings is 1. The van der Waals surface area contributed by atoms with Crippen molar-refractivity contribution in [3.05, 3.63) is 142 Å². The highest BCUT2D eigenvalue weighted by atomic mass is 35.5. The number of hydrogen-bond donors (Lipinski definition) is 1. The number of halogens is 1. The minimum atomic E-state index is -0.486. The van der Waals surface area contributed by atoms with Crippen molar-refractivity contribution in [3.8, 4) is 22.9 Å². The summed E-state index contributed by atoms with van der Waals surface area (Å²) in [6.07, 6.45) is 3.87. The lowest BCUT2D eigenvalue weighted by atomic mass is 10.1. The van der Waals surface area contributed by atoms with Gasteiger partial charge in [-0.2, -0.15) is 5.10 Å². The fourth-order valence-corrected chi connectivity index (χ4v) is 5.17. The molecule has 0 bridgehead atoms. The van der Waals surface area contributed by atoms with Crippen LogP contribution in [-0.2, 0) is 19.6 Å². The molecule has 0 spiro atoms. The number of benzene rings is 3. The Morgan fingerprint density at radius 1 is 0.935 bits per heavy atom. The van der Waals surface area contributed by atoms with E-state index in [0.29, 0.717) is 46.6 Å². The second-order valence-corrected chi connectivity index (χ2v) is 10.9. The van der Waals surface area contributed by atoms with Gasteiger partial charge in [-0.3, -0.25) is 4.79 Å². The monoisotopic (exact) mass is 637 g/mol. The molecule has 236 valence electrons. The predicted octanol–water partition coefficient (Wildman–Crippen LogP) is 8.39. The topological polar surface area (TPSA) is 87.2 Å². The second kappa shape index (κ2) is 15.2. The molecule has 2 aromatic heterocycles. The number of hydrogen-bond acceptors (Lipinski definition) is 6. The Morgan fingerprint density at radius 2 is 1.70 bits per heavy atom. The Balaban J connectivity index is 1.20. The summed E-state index contributed by atoms with van der Waals surface area (Å²) >= 11 is 6.32. The second-order valence-electron chi connectivity index (χ2n) is 10.5. The molecule has 0 unspecified atom stereocenters. The molecule has 46 heavy (non-hydrogen) atoms. The fourth-order valence-electron chi connectivity index (χ4n) is 4.98. The van der Waals surface area contributed by atoms with Gasteiger partial charge >= 0.3 is 5.91 Å². The average Bonchev–Trinajstić information content (AvgIpc) is 3.67. The first kappa shape index (κ1) is 32.2. The van der Waals surface area contributed by atoms with Crippen LogP contribution >= 0.6 is 11.6 Å². The molecule has 1 amide bonds. The minimum absolute atomic E-state index is 0.121. The van der Waals surface area contributed by atoms with Crippen LogP contribution in [-0.4, -0.2) is 23.3 Å². The highest BCUT2D eigenvalue weighted by molar-refractivity contribution is 6.31. The number of hydrazone groups is 1. The first-order valence-electron chi connectivity index (χ1n) is 14.9. The number of carbonyl (C=O) groups is 1. The van der Waals surface area contributed by atoms with Crippen molar-refractivity contribution < 1.29 is 23.4 Å². The highest BCUT2D eigenvalue weighted by Crippen LogP contribution is 2.35. The minimum Gasteiger partial charge on any atom is -0.490 e. The third kappa shape index (κ3) is 7.89. The number of allylic oxidation sites excluding steroid dienone is 1. The van der Waals surface area contributed by atoms with E-state index in [1.807, 2.05) is 67.6 Å². The van der Waals surface area contributed by atoms with Crippen LogP contribution in [0.4, 0.5) is 0 Å². The quantitative estimate of drug-likeness (QED) is 0.0751. The Labute approximate surface area is 273 Å². The molecule has 3 aromatic carbocycles. The molecule has 5 aromatic rings. The zero-order chi connectivity index (χ0) is 32.5. The van der Waals surface area contributed by atoms with Crippen molar-refractivity contribution in [2.75, 3.05) is 6.61 Å². The first-order chi connectivity index (χ1) is 22.4. The van der Waals surface area contributed by atoms with Crippen LogP contribution in [0.3, 0.4) is 0 Å².